The number of hydrogen-bond acceptors (Lipinski definition) is 6. The fraction of sp³-hybridized carbons (Fsp3) is 0.389. The van der Waals surface area contributed by atoms with E-state index in [1.54, 1.807) is 23.3 Å². The summed E-state index contributed by atoms with van der Waals surface area (Å²) in [6.45, 7) is 3.26. The van der Waals surface area contributed by atoms with Gasteiger partial charge < -0.3 is 9.42 Å². The van der Waals surface area contributed by atoms with Gasteiger partial charge in [0.05, 0.1) is 11.8 Å². The molecule has 26 heavy (non-hydrogen) atoms. The standard InChI is InChI=1S/C18H20N6O2/c1-12-15(11-20-23(12)2)18(25)24-9-5-13(6-10-24)16-21-17(26-22-16)14-3-7-19-8-4-14/h3-4,7-8,11,13H,5-6,9-10H2,1-2H3. The molecule has 0 unspecified atom stereocenters. The van der Waals surface area contributed by atoms with Gasteiger partial charge in [0.15, 0.2) is 5.82 Å². The van der Waals surface area contributed by atoms with Crippen molar-refractivity contribution in [3.8, 4) is 11.5 Å². The maximum absolute atomic E-state index is 12.7. The van der Waals surface area contributed by atoms with Crippen LogP contribution in [-0.2, 0) is 7.05 Å². The van der Waals surface area contributed by atoms with Gasteiger partial charge >= 0.3 is 0 Å². The minimum Gasteiger partial charge on any atom is -0.338 e. The normalized spacial score (nSPS) is 15.4. The monoisotopic (exact) mass is 352 g/mol. The van der Waals surface area contributed by atoms with E-state index in [0.717, 1.165) is 24.1 Å². The zero-order chi connectivity index (χ0) is 18.1. The summed E-state index contributed by atoms with van der Waals surface area (Å²) < 4.78 is 7.11. The minimum absolute atomic E-state index is 0.0413. The second-order valence-electron chi connectivity index (χ2n) is 6.53. The fourth-order valence-corrected chi connectivity index (χ4v) is 3.23. The van der Waals surface area contributed by atoms with Gasteiger partial charge in [0.1, 0.15) is 0 Å². The molecule has 0 N–H and O–H groups in total. The quantitative estimate of drug-likeness (QED) is 0.718. The first-order chi connectivity index (χ1) is 12.6. The van der Waals surface area contributed by atoms with E-state index in [0.29, 0.717) is 30.4 Å². The topological polar surface area (TPSA) is 89.9 Å². The van der Waals surface area contributed by atoms with E-state index < -0.39 is 0 Å². The molecule has 8 heteroatoms. The SMILES string of the molecule is Cc1c(C(=O)N2CCC(c3noc(-c4ccncc4)n3)CC2)cnn1C. The Bertz CT molecular complexity index is 909. The van der Waals surface area contributed by atoms with Crippen LogP contribution < -0.4 is 0 Å². The molecule has 8 nitrogen and oxygen atoms in total. The van der Waals surface area contributed by atoms with E-state index in [-0.39, 0.29) is 11.8 Å². The van der Waals surface area contributed by atoms with Gasteiger partial charge in [0.2, 0.25) is 0 Å². The van der Waals surface area contributed by atoms with Crippen LogP contribution in [0.5, 0.6) is 0 Å². The van der Waals surface area contributed by atoms with Crippen molar-refractivity contribution >= 4 is 5.91 Å². The average Bonchev–Trinajstić information content (AvgIpc) is 3.30. The highest BCUT2D eigenvalue weighted by molar-refractivity contribution is 5.95. The zero-order valence-corrected chi connectivity index (χ0v) is 14.8. The van der Waals surface area contributed by atoms with Gasteiger partial charge in [-0.15, -0.1) is 0 Å². The molecule has 0 spiro atoms. The Morgan fingerprint density at radius 1 is 1.23 bits per heavy atom. The zero-order valence-electron chi connectivity index (χ0n) is 14.8. The van der Waals surface area contributed by atoms with Crippen LogP contribution in [0.3, 0.4) is 0 Å². The summed E-state index contributed by atoms with van der Waals surface area (Å²) in [7, 11) is 1.84. The molecule has 0 aromatic carbocycles. The van der Waals surface area contributed by atoms with E-state index in [9.17, 15) is 4.79 Å². The summed E-state index contributed by atoms with van der Waals surface area (Å²) in [5.74, 6) is 1.46. The summed E-state index contributed by atoms with van der Waals surface area (Å²) in [5.41, 5.74) is 2.42. The summed E-state index contributed by atoms with van der Waals surface area (Å²) >= 11 is 0. The van der Waals surface area contributed by atoms with E-state index in [2.05, 4.69) is 20.2 Å². The molecule has 1 aliphatic heterocycles. The lowest BCUT2D eigenvalue weighted by atomic mass is 9.95. The van der Waals surface area contributed by atoms with Crippen LogP contribution in [-0.4, -0.2) is 48.8 Å². The molecule has 1 aliphatic rings. The van der Waals surface area contributed by atoms with Crippen molar-refractivity contribution in [1.29, 1.82) is 0 Å². The highest BCUT2D eigenvalue weighted by atomic mass is 16.5. The highest BCUT2D eigenvalue weighted by Crippen LogP contribution is 2.28. The van der Waals surface area contributed by atoms with E-state index in [1.807, 2.05) is 31.0 Å². The Hall–Kier alpha value is -3.03. The number of aryl methyl sites for hydroxylation is 1. The second kappa shape index (κ2) is 6.70. The number of rotatable bonds is 3. The van der Waals surface area contributed by atoms with Crippen molar-refractivity contribution < 1.29 is 9.32 Å². The number of piperidine rings is 1. The van der Waals surface area contributed by atoms with Gasteiger partial charge in [0, 0.05) is 49.7 Å². The molecule has 0 aliphatic carbocycles. The first kappa shape index (κ1) is 16.4. The Morgan fingerprint density at radius 2 is 1.96 bits per heavy atom. The molecule has 1 amide bonds. The van der Waals surface area contributed by atoms with E-state index in [1.165, 1.54) is 0 Å². The molecular formula is C18H20N6O2. The van der Waals surface area contributed by atoms with Crippen LogP contribution in [0.2, 0.25) is 0 Å². The molecule has 3 aromatic rings. The van der Waals surface area contributed by atoms with Crippen LogP contribution in [0, 0.1) is 6.92 Å². The van der Waals surface area contributed by atoms with Crippen LogP contribution in [0.4, 0.5) is 0 Å². The van der Waals surface area contributed by atoms with Gasteiger partial charge in [-0.1, -0.05) is 5.16 Å². The predicted molar refractivity (Wildman–Crippen MR) is 93.4 cm³/mol. The Kier molecular flexibility index (Phi) is 4.24. The first-order valence-corrected chi connectivity index (χ1v) is 8.65. The third-order valence-electron chi connectivity index (χ3n) is 4.98. The molecule has 0 saturated carbocycles. The fourth-order valence-electron chi connectivity index (χ4n) is 3.23. The third kappa shape index (κ3) is 2.98. The molecule has 3 aromatic heterocycles. The maximum Gasteiger partial charge on any atom is 0.258 e. The number of nitrogens with zero attached hydrogens (tertiary/aromatic N) is 6. The Labute approximate surface area is 150 Å². The lowest BCUT2D eigenvalue weighted by molar-refractivity contribution is 0.0709. The van der Waals surface area contributed by atoms with Crippen LogP contribution in [0.25, 0.3) is 11.5 Å². The van der Waals surface area contributed by atoms with Gasteiger partial charge in [-0.25, -0.2) is 0 Å². The number of carbonyl (C=O) groups excluding carboxylic acids is 1. The lowest BCUT2D eigenvalue weighted by Crippen LogP contribution is -2.38. The number of likely N-dealkylation sites (tertiary alicyclic amines) is 1. The molecular weight excluding hydrogens is 332 g/mol. The third-order valence-corrected chi connectivity index (χ3v) is 4.98. The van der Waals surface area contributed by atoms with Crippen molar-refractivity contribution in [3.63, 3.8) is 0 Å². The molecule has 0 radical (unpaired) electrons. The number of amides is 1. The van der Waals surface area contributed by atoms with E-state index >= 15 is 0 Å². The van der Waals surface area contributed by atoms with Crippen LogP contribution >= 0.6 is 0 Å². The molecule has 134 valence electrons. The predicted octanol–water partition coefficient (Wildman–Crippen LogP) is 2.19. The maximum atomic E-state index is 12.7. The second-order valence-corrected chi connectivity index (χ2v) is 6.53. The van der Waals surface area contributed by atoms with Crippen molar-refractivity contribution in [2.75, 3.05) is 13.1 Å². The number of carbonyl (C=O) groups is 1. The number of pyridine rings is 1. The first-order valence-electron chi connectivity index (χ1n) is 8.65. The Balaban J connectivity index is 1.42. The lowest BCUT2D eigenvalue weighted by Gasteiger charge is -2.30. The summed E-state index contributed by atoms with van der Waals surface area (Å²) in [5, 5.41) is 8.30. The van der Waals surface area contributed by atoms with Crippen LogP contribution in [0.15, 0.2) is 35.2 Å². The highest BCUT2D eigenvalue weighted by Gasteiger charge is 2.28. The summed E-state index contributed by atoms with van der Waals surface area (Å²) in [6.07, 6.45) is 6.68. The number of hydrogen-bond donors (Lipinski definition) is 0. The molecule has 0 atom stereocenters. The minimum atomic E-state index is 0.0413. The molecule has 0 bridgehead atoms. The summed E-state index contributed by atoms with van der Waals surface area (Å²) in [4.78, 5) is 23.1. The number of aromatic nitrogens is 5. The Morgan fingerprint density at radius 3 is 2.62 bits per heavy atom. The summed E-state index contributed by atoms with van der Waals surface area (Å²) in [6, 6.07) is 3.68. The van der Waals surface area contributed by atoms with Crippen molar-refractivity contribution in [3.05, 3.63) is 47.8 Å². The molecule has 1 saturated heterocycles. The van der Waals surface area contributed by atoms with Crippen LogP contribution in [0.1, 0.15) is 40.6 Å². The van der Waals surface area contributed by atoms with Crippen molar-refractivity contribution in [2.45, 2.75) is 25.7 Å². The largest absolute Gasteiger partial charge is 0.338 e. The van der Waals surface area contributed by atoms with Gasteiger partial charge in [-0.3, -0.25) is 14.5 Å². The average molecular weight is 352 g/mol. The molecule has 1 fully saturated rings. The van der Waals surface area contributed by atoms with Crippen molar-refractivity contribution in [2.24, 2.45) is 7.05 Å². The molecule has 4 heterocycles. The van der Waals surface area contributed by atoms with Crippen molar-refractivity contribution in [1.82, 2.24) is 29.8 Å². The van der Waals surface area contributed by atoms with Gasteiger partial charge in [-0.05, 0) is 31.9 Å². The van der Waals surface area contributed by atoms with Gasteiger partial charge in [0.25, 0.3) is 11.8 Å². The molecule has 4 rings (SSSR count). The van der Waals surface area contributed by atoms with Gasteiger partial charge in [-0.2, -0.15) is 10.1 Å². The van der Waals surface area contributed by atoms with E-state index in [4.69, 9.17) is 4.52 Å². The smallest absolute Gasteiger partial charge is 0.258 e.